The van der Waals surface area contributed by atoms with Gasteiger partial charge in [-0.05, 0) is 44.4 Å². The SMILES string of the molecule is O=C(CC1CC2CCC(C1)N2)N(CCO)C1CCCC1. The number of nitrogens with one attached hydrogen (secondary N) is 1. The summed E-state index contributed by atoms with van der Waals surface area (Å²) in [5.74, 6) is 0.848. The van der Waals surface area contributed by atoms with Gasteiger partial charge in [-0.2, -0.15) is 0 Å². The Morgan fingerprint density at radius 1 is 1.10 bits per heavy atom. The average molecular weight is 280 g/mol. The first-order valence-corrected chi connectivity index (χ1v) is 8.42. The summed E-state index contributed by atoms with van der Waals surface area (Å²) in [6.07, 6.45) is 10.3. The average Bonchev–Trinajstić information content (AvgIpc) is 3.06. The maximum absolute atomic E-state index is 12.6. The van der Waals surface area contributed by atoms with Crippen molar-refractivity contribution >= 4 is 5.91 Å². The van der Waals surface area contributed by atoms with E-state index in [-0.39, 0.29) is 12.5 Å². The molecule has 2 aliphatic heterocycles. The number of carbonyl (C=O) groups is 1. The molecular formula is C16H28N2O2. The van der Waals surface area contributed by atoms with Crippen LogP contribution in [0.25, 0.3) is 0 Å². The highest BCUT2D eigenvalue weighted by atomic mass is 16.3. The molecule has 4 heteroatoms. The van der Waals surface area contributed by atoms with Gasteiger partial charge >= 0.3 is 0 Å². The van der Waals surface area contributed by atoms with Crippen LogP contribution in [0.1, 0.15) is 57.8 Å². The third-order valence-electron chi connectivity index (χ3n) is 5.46. The number of carbonyl (C=O) groups excluding carboxylic acids is 1. The fraction of sp³-hybridized carbons (Fsp3) is 0.938. The Kier molecular flexibility index (Phi) is 4.61. The molecule has 2 bridgehead atoms. The van der Waals surface area contributed by atoms with E-state index in [4.69, 9.17) is 0 Å². The van der Waals surface area contributed by atoms with Crippen LogP contribution in [0, 0.1) is 5.92 Å². The van der Waals surface area contributed by atoms with Gasteiger partial charge in [0.1, 0.15) is 0 Å². The van der Waals surface area contributed by atoms with Gasteiger partial charge < -0.3 is 15.3 Å². The van der Waals surface area contributed by atoms with Crippen LogP contribution < -0.4 is 5.32 Å². The summed E-state index contributed by atoms with van der Waals surface area (Å²) in [7, 11) is 0. The molecule has 3 aliphatic rings. The monoisotopic (exact) mass is 280 g/mol. The first-order valence-electron chi connectivity index (χ1n) is 8.42. The van der Waals surface area contributed by atoms with Gasteiger partial charge in [0, 0.05) is 31.1 Å². The van der Waals surface area contributed by atoms with Gasteiger partial charge in [0.2, 0.25) is 5.91 Å². The van der Waals surface area contributed by atoms with Crippen LogP contribution in [0.4, 0.5) is 0 Å². The highest BCUT2D eigenvalue weighted by Crippen LogP contribution is 2.33. The quantitative estimate of drug-likeness (QED) is 0.805. The smallest absolute Gasteiger partial charge is 0.223 e. The van der Waals surface area contributed by atoms with Crippen molar-refractivity contribution < 1.29 is 9.90 Å². The number of nitrogens with zero attached hydrogens (tertiary/aromatic N) is 1. The summed E-state index contributed by atoms with van der Waals surface area (Å²) in [6.45, 7) is 0.626. The van der Waals surface area contributed by atoms with Crippen LogP contribution in [-0.4, -0.2) is 47.2 Å². The number of fused-ring (bicyclic) bond motifs is 2. The predicted molar refractivity (Wildman–Crippen MR) is 78.3 cm³/mol. The van der Waals surface area contributed by atoms with Crippen molar-refractivity contribution in [3.63, 3.8) is 0 Å². The fourth-order valence-corrected chi connectivity index (χ4v) is 4.54. The van der Waals surface area contributed by atoms with E-state index < -0.39 is 0 Å². The van der Waals surface area contributed by atoms with Gasteiger partial charge in [-0.25, -0.2) is 0 Å². The minimum absolute atomic E-state index is 0.0969. The number of hydrogen-bond donors (Lipinski definition) is 2. The lowest BCUT2D eigenvalue weighted by Crippen LogP contribution is -2.44. The number of hydrogen-bond acceptors (Lipinski definition) is 3. The molecule has 2 unspecified atom stereocenters. The Morgan fingerprint density at radius 2 is 1.75 bits per heavy atom. The third-order valence-corrected chi connectivity index (χ3v) is 5.46. The lowest BCUT2D eigenvalue weighted by molar-refractivity contribution is -0.135. The molecule has 3 fully saturated rings. The lowest BCUT2D eigenvalue weighted by atomic mass is 9.89. The second kappa shape index (κ2) is 6.44. The zero-order chi connectivity index (χ0) is 13.9. The molecule has 0 spiro atoms. The summed E-state index contributed by atoms with van der Waals surface area (Å²) in [4.78, 5) is 14.6. The molecule has 0 aromatic rings. The molecule has 1 saturated carbocycles. The Bertz CT molecular complexity index is 329. The molecule has 0 radical (unpaired) electrons. The van der Waals surface area contributed by atoms with Crippen LogP contribution in [0.5, 0.6) is 0 Å². The van der Waals surface area contributed by atoms with Gasteiger partial charge in [-0.3, -0.25) is 4.79 Å². The number of aliphatic hydroxyl groups is 1. The topological polar surface area (TPSA) is 52.6 Å². The number of rotatable bonds is 5. The third kappa shape index (κ3) is 3.17. The van der Waals surface area contributed by atoms with Crippen LogP contribution in [0.2, 0.25) is 0 Å². The maximum Gasteiger partial charge on any atom is 0.223 e. The van der Waals surface area contributed by atoms with E-state index in [1.807, 2.05) is 4.90 Å². The van der Waals surface area contributed by atoms with Gasteiger partial charge in [-0.15, -0.1) is 0 Å². The number of piperidine rings is 1. The minimum atomic E-state index is 0.0969. The zero-order valence-electron chi connectivity index (χ0n) is 12.4. The molecule has 2 atom stereocenters. The van der Waals surface area contributed by atoms with E-state index in [1.54, 1.807) is 0 Å². The van der Waals surface area contributed by atoms with Gasteiger partial charge in [-0.1, -0.05) is 12.8 Å². The van der Waals surface area contributed by atoms with Crippen molar-refractivity contribution in [1.82, 2.24) is 10.2 Å². The van der Waals surface area contributed by atoms with Crippen LogP contribution in [-0.2, 0) is 4.79 Å². The standard InChI is InChI=1S/C16H28N2O2/c19-8-7-18(15-3-1-2-4-15)16(20)11-12-9-13-5-6-14(10-12)17-13/h12-15,17,19H,1-11H2. The summed E-state index contributed by atoms with van der Waals surface area (Å²) < 4.78 is 0. The Hall–Kier alpha value is -0.610. The van der Waals surface area contributed by atoms with Crippen molar-refractivity contribution in [2.75, 3.05) is 13.2 Å². The van der Waals surface area contributed by atoms with E-state index in [1.165, 1.54) is 38.5 Å². The van der Waals surface area contributed by atoms with Gasteiger partial charge in [0.05, 0.1) is 6.61 Å². The molecule has 20 heavy (non-hydrogen) atoms. The molecule has 2 N–H and O–H groups in total. The summed E-state index contributed by atoms with van der Waals surface area (Å²) >= 11 is 0. The molecular weight excluding hydrogens is 252 g/mol. The molecule has 2 saturated heterocycles. The van der Waals surface area contributed by atoms with Crippen molar-refractivity contribution in [1.29, 1.82) is 0 Å². The predicted octanol–water partition coefficient (Wildman–Crippen LogP) is 1.67. The summed E-state index contributed by atoms with van der Waals surface area (Å²) in [5, 5.41) is 12.9. The minimum Gasteiger partial charge on any atom is -0.395 e. The Labute approximate surface area is 121 Å². The van der Waals surface area contributed by atoms with Crippen LogP contribution in [0.3, 0.4) is 0 Å². The van der Waals surface area contributed by atoms with E-state index >= 15 is 0 Å². The van der Waals surface area contributed by atoms with Crippen LogP contribution >= 0.6 is 0 Å². The van der Waals surface area contributed by atoms with Crippen molar-refractivity contribution in [3.05, 3.63) is 0 Å². The van der Waals surface area contributed by atoms with E-state index in [0.717, 1.165) is 12.8 Å². The normalized spacial score (nSPS) is 33.5. The second-order valence-electron chi connectivity index (χ2n) is 6.93. The van der Waals surface area contributed by atoms with Crippen molar-refractivity contribution in [2.24, 2.45) is 5.92 Å². The first-order chi connectivity index (χ1) is 9.76. The van der Waals surface area contributed by atoms with Gasteiger partial charge in [0.15, 0.2) is 0 Å². The van der Waals surface area contributed by atoms with Crippen molar-refractivity contribution in [2.45, 2.75) is 75.9 Å². The first kappa shape index (κ1) is 14.3. The van der Waals surface area contributed by atoms with Gasteiger partial charge in [0.25, 0.3) is 0 Å². The molecule has 3 rings (SSSR count). The Morgan fingerprint density at radius 3 is 2.35 bits per heavy atom. The van der Waals surface area contributed by atoms with Crippen molar-refractivity contribution in [3.8, 4) is 0 Å². The maximum atomic E-state index is 12.6. The zero-order valence-corrected chi connectivity index (χ0v) is 12.4. The molecule has 114 valence electrons. The summed E-state index contributed by atoms with van der Waals surface area (Å²) in [5.41, 5.74) is 0. The Balaban J connectivity index is 1.55. The highest BCUT2D eigenvalue weighted by molar-refractivity contribution is 5.77. The van der Waals surface area contributed by atoms with E-state index in [0.29, 0.717) is 37.0 Å². The fourth-order valence-electron chi connectivity index (χ4n) is 4.54. The molecule has 1 aliphatic carbocycles. The molecule has 0 aromatic heterocycles. The largest absolute Gasteiger partial charge is 0.395 e. The lowest BCUT2D eigenvalue weighted by Gasteiger charge is -2.33. The number of amides is 1. The molecule has 1 amide bonds. The summed E-state index contributed by atoms with van der Waals surface area (Å²) in [6, 6.07) is 1.71. The molecule has 2 heterocycles. The van der Waals surface area contributed by atoms with E-state index in [9.17, 15) is 9.90 Å². The second-order valence-corrected chi connectivity index (χ2v) is 6.93. The number of aliphatic hydroxyl groups excluding tert-OH is 1. The molecule has 4 nitrogen and oxygen atoms in total. The van der Waals surface area contributed by atoms with E-state index in [2.05, 4.69) is 5.32 Å². The molecule has 0 aromatic carbocycles. The highest BCUT2D eigenvalue weighted by Gasteiger charge is 2.35. The van der Waals surface area contributed by atoms with Crippen LogP contribution in [0.15, 0.2) is 0 Å².